The van der Waals surface area contributed by atoms with Crippen molar-refractivity contribution >= 4 is 5.91 Å². The zero-order valence-electron chi connectivity index (χ0n) is 21.0. The van der Waals surface area contributed by atoms with Crippen molar-refractivity contribution in [1.29, 1.82) is 0 Å². The lowest BCUT2D eigenvalue weighted by Crippen LogP contribution is -2.39. The van der Waals surface area contributed by atoms with Crippen LogP contribution in [0.5, 0.6) is 0 Å². The van der Waals surface area contributed by atoms with Gasteiger partial charge in [-0.2, -0.15) is 13.2 Å². The van der Waals surface area contributed by atoms with Crippen LogP contribution in [-0.4, -0.2) is 46.9 Å². The standard InChI is InChI=1S/C29H31F4N3O/c1-20(2)15-36(28(37)22-8-10-26(30)11-9-22)18-24-17-35(16-21-5-4-12-34-14-21)19-27(24)23-6-3-7-25(13-23)29(31,32)33/h3-14,20,24,27H,15-19H2,1-2H3/t24-,27-/m0/s1. The van der Waals surface area contributed by atoms with Crippen LogP contribution >= 0.6 is 0 Å². The van der Waals surface area contributed by atoms with E-state index in [-0.39, 0.29) is 23.7 Å². The Labute approximate surface area is 214 Å². The predicted molar refractivity (Wildman–Crippen MR) is 134 cm³/mol. The number of halogens is 4. The first kappa shape index (κ1) is 26.8. The fourth-order valence-corrected chi connectivity index (χ4v) is 5.09. The summed E-state index contributed by atoms with van der Waals surface area (Å²) in [6.07, 6.45) is -0.940. The second-order valence-electron chi connectivity index (χ2n) is 10.2. The summed E-state index contributed by atoms with van der Waals surface area (Å²) in [7, 11) is 0. The summed E-state index contributed by atoms with van der Waals surface area (Å²) in [5, 5.41) is 0. The fourth-order valence-electron chi connectivity index (χ4n) is 5.09. The Balaban J connectivity index is 1.63. The molecule has 1 aliphatic rings. The van der Waals surface area contributed by atoms with Crippen LogP contribution in [0.15, 0.2) is 73.1 Å². The van der Waals surface area contributed by atoms with Crippen molar-refractivity contribution in [3.63, 3.8) is 0 Å². The maximum absolute atomic E-state index is 13.5. The molecule has 0 radical (unpaired) electrons. The number of pyridine rings is 1. The van der Waals surface area contributed by atoms with Gasteiger partial charge < -0.3 is 4.90 Å². The van der Waals surface area contributed by atoms with Crippen LogP contribution in [0.4, 0.5) is 17.6 Å². The van der Waals surface area contributed by atoms with Crippen LogP contribution in [0.25, 0.3) is 0 Å². The number of hydrogen-bond donors (Lipinski definition) is 0. The van der Waals surface area contributed by atoms with E-state index in [1.807, 2.05) is 26.0 Å². The summed E-state index contributed by atoms with van der Waals surface area (Å²) in [5.74, 6) is -0.706. The quantitative estimate of drug-likeness (QED) is 0.334. The first-order valence-electron chi connectivity index (χ1n) is 12.4. The maximum Gasteiger partial charge on any atom is 0.416 e. The van der Waals surface area contributed by atoms with Gasteiger partial charge in [-0.3, -0.25) is 14.7 Å². The number of hydrogen-bond acceptors (Lipinski definition) is 3. The van der Waals surface area contributed by atoms with Crippen LogP contribution in [-0.2, 0) is 12.7 Å². The van der Waals surface area contributed by atoms with Gasteiger partial charge in [0, 0.05) is 56.6 Å². The first-order chi connectivity index (χ1) is 17.6. The highest BCUT2D eigenvalue weighted by molar-refractivity contribution is 5.94. The molecular weight excluding hydrogens is 482 g/mol. The van der Waals surface area contributed by atoms with Gasteiger partial charge in [0.1, 0.15) is 5.82 Å². The number of carbonyl (C=O) groups is 1. The van der Waals surface area contributed by atoms with Gasteiger partial charge in [0.05, 0.1) is 5.56 Å². The second-order valence-corrected chi connectivity index (χ2v) is 10.2. The predicted octanol–water partition coefficient (Wildman–Crippen LogP) is 6.25. The minimum absolute atomic E-state index is 0.0803. The molecule has 4 rings (SSSR count). The van der Waals surface area contributed by atoms with Crippen molar-refractivity contribution in [3.8, 4) is 0 Å². The highest BCUT2D eigenvalue weighted by Gasteiger charge is 2.38. The van der Waals surface area contributed by atoms with Gasteiger partial charge in [0.15, 0.2) is 0 Å². The van der Waals surface area contributed by atoms with E-state index in [1.165, 1.54) is 36.4 Å². The molecule has 37 heavy (non-hydrogen) atoms. The zero-order chi connectivity index (χ0) is 26.6. The topological polar surface area (TPSA) is 36.4 Å². The number of carbonyl (C=O) groups excluding carboxylic acids is 1. The maximum atomic E-state index is 13.5. The summed E-state index contributed by atoms with van der Waals surface area (Å²) in [5.41, 5.74) is 1.36. The Morgan fingerprint density at radius 1 is 1.08 bits per heavy atom. The van der Waals surface area contributed by atoms with Crippen molar-refractivity contribution in [1.82, 2.24) is 14.8 Å². The zero-order valence-corrected chi connectivity index (χ0v) is 21.0. The van der Waals surface area contributed by atoms with Crippen LogP contribution in [0, 0.1) is 17.7 Å². The molecule has 196 valence electrons. The number of alkyl halides is 3. The van der Waals surface area contributed by atoms with Crippen LogP contribution < -0.4 is 0 Å². The van der Waals surface area contributed by atoms with Crippen molar-refractivity contribution in [2.24, 2.45) is 11.8 Å². The normalized spacial score (nSPS) is 18.4. The number of benzene rings is 2. The van der Waals surface area contributed by atoms with E-state index in [9.17, 15) is 22.4 Å². The van der Waals surface area contributed by atoms with E-state index in [1.54, 1.807) is 23.4 Å². The molecule has 0 bridgehead atoms. The van der Waals surface area contributed by atoms with Crippen molar-refractivity contribution < 1.29 is 22.4 Å². The largest absolute Gasteiger partial charge is 0.416 e. The van der Waals surface area contributed by atoms with E-state index in [0.717, 1.165) is 11.6 Å². The average Bonchev–Trinajstić information content (AvgIpc) is 3.25. The molecular formula is C29H31F4N3O. The molecule has 1 aliphatic heterocycles. The molecule has 1 amide bonds. The lowest BCUT2D eigenvalue weighted by atomic mass is 9.87. The molecule has 1 saturated heterocycles. The Morgan fingerprint density at radius 3 is 2.49 bits per heavy atom. The average molecular weight is 514 g/mol. The summed E-state index contributed by atoms with van der Waals surface area (Å²) in [6, 6.07) is 14.8. The molecule has 0 N–H and O–H groups in total. The van der Waals surface area contributed by atoms with Crippen LogP contribution in [0.2, 0.25) is 0 Å². The number of rotatable bonds is 8. The third-order valence-electron chi connectivity index (χ3n) is 6.71. The molecule has 4 nitrogen and oxygen atoms in total. The van der Waals surface area contributed by atoms with E-state index in [0.29, 0.717) is 43.9 Å². The smallest absolute Gasteiger partial charge is 0.338 e. The summed E-state index contributed by atoms with van der Waals surface area (Å²) < 4.78 is 53.9. The number of amides is 1. The lowest BCUT2D eigenvalue weighted by molar-refractivity contribution is -0.137. The molecule has 8 heteroatoms. The summed E-state index contributed by atoms with van der Waals surface area (Å²) in [4.78, 5) is 21.6. The van der Waals surface area contributed by atoms with Gasteiger partial charge >= 0.3 is 6.18 Å². The molecule has 0 aliphatic carbocycles. The summed E-state index contributed by atoms with van der Waals surface area (Å²) in [6.45, 7) is 6.72. The molecule has 1 aromatic heterocycles. The highest BCUT2D eigenvalue weighted by atomic mass is 19.4. The van der Waals surface area contributed by atoms with Crippen LogP contribution in [0.3, 0.4) is 0 Å². The van der Waals surface area contributed by atoms with E-state index < -0.39 is 17.6 Å². The SMILES string of the molecule is CC(C)CN(C[C@@H]1CN(Cc2cccnc2)C[C@H]1c1cccc(C(F)(F)F)c1)C(=O)c1ccc(F)cc1. The molecule has 2 heterocycles. The van der Waals surface area contributed by atoms with Gasteiger partial charge in [-0.25, -0.2) is 4.39 Å². The third-order valence-corrected chi connectivity index (χ3v) is 6.71. The molecule has 0 spiro atoms. The molecule has 0 saturated carbocycles. The van der Waals surface area contributed by atoms with Gasteiger partial charge in [0.2, 0.25) is 0 Å². The second kappa shape index (κ2) is 11.4. The van der Waals surface area contributed by atoms with Crippen molar-refractivity contribution in [3.05, 3.63) is 101 Å². The van der Waals surface area contributed by atoms with Gasteiger partial charge in [0.25, 0.3) is 5.91 Å². The minimum Gasteiger partial charge on any atom is -0.338 e. The van der Waals surface area contributed by atoms with Gasteiger partial charge in [-0.15, -0.1) is 0 Å². The molecule has 2 aromatic carbocycles. The molecule has 2 atom stereocenters. The van der Waals surface area contributed by atoms with E-state index in [4.69, 9.17) is 0 Å². The number of aromatic nitrogens is 1. The fraction of sp³-hybridized carbons (Fsp3) is 0.379. The van der Waals surface area contributed by atoms with Crippen LogP contribution in [0.1, 0.15) is 46.8 Å². The Morgan fingerprint density at radius 2 is 1.84 bits per heavy atom. The van der Waals surface area contributed by atoms with Crippen molar-refractivity contribution in [2.75, 3.05) is 26.2 Å². The van der Waals surface area contributed by atoms with Gasteiger partial charge in [-0.1, -0.05) is 38.1 Å². The van der Waals surface area contributed by atoms with Gasteiger partial charge in [-0.05, 0) is 59.4 Å². The lowest BCUT2D eigenvalue weighted by Gasteiger charge is -2.30. The first-order valence-corrected chi connectivity index (χ1v) is 12.4. The molecule has 1 fully saturated rings. The Bertz CT molecular complexity index is 1180. The molecule has 3 aromatic rings. The number of nitrogens with zero attached hydrogens (tertiary/aromatic N) is 3. The van der Waals surface area contributed by atoms with E-state index >= 15 is 0 Å². The minimum atomic E-state index is -4.43. The highest BCUT2D eigenvalue weighted by Crippen LogP contribution is 2.37. The summed E-state index contributed by atoms with van der Waals surface area (Å²) >= 11 is 0. The van der Waals surface area contributed by atoms with E-state index in [2.05, 4.69) is 9.88 Å². The monoisotopic (exact) mass is 513 g/mol. The third kappa shape index (κ3) is 6.95. The molecule has 0 unspecified atom stereocenters. The Kier molecular flexibility index (Phi) is 8.27. The Hall–Kier alpha value is -3.26. The number of likely N-dealkylation sites (tertiary alicyclic amines) is 1. The van der Waals surface area contributed by atoms with Crippen molar-refractivity contribution in [2.45, 2.75) is 32.5 Å².